The first-order chi connectivity index (χ1) is 13.6. The van der Waals surface area contributed by atoms with E-state index in [1.165, 1.54) is 12.4 Å². The fourth-order valence-electron chi connectivity index (χ4n) is 3.29. The van der Waals surface area contributed by atoms with Crippen LogP contribution in [-0.2, 0) is 11.2 Å². The van der Waals surface area contributed by atoms with E-state index in [1.54, 1.807) is 14.2 Å². The van der Waals surface area contributed by atoms with E-state index in [2.05, 4.69) is 15.3 Å². The highest BCUT2D eigenvalue weighted by Crippen LogP contribution is 2.28. The van der Waals surface area contributed by atoms with Crippen molar-refractivity contribution in [1.82, 2.24) is 15.3 Å². The van der Waals surface area contributed by atoms with E-state index in [-0.39, 0.29) is 18.1 Å². The molecule has 0 radical (unpaired) electrons. The standard InChI is InChI=1S/C20H24ClN3O4/c1-26-17-8-3-13(9-18(17)27-2)10-19(25)24-15-4-6-16(7-5-15)28-20-22-11-14(21)12-23-20/h3,8-9,11-12,15-16H,4-7,10H2,1-2H3,(H,24,25). The molecule has 28 heavy (non-hydrogen) atoms. The van der Waals surface area contributed by atoms with Gasteiger partial charge in [0.05, 0.1) is 38.1 Å². The Morgan fingerprint density at radius 1 is 1.11 bits per heavy atom. The third-order valence-electron chi connectivity index (χ3n) is 4.72. The highest BCUT2D eigenvalue weighted by Gasteiger charge is 2.24. The van der Waals surface area contributed by atoms with Crippen molar-refractivity contribution >= 4 is 17.5 Å². The maximum atomic E-state index is 12.4. The summed E-state index contributed by atoms with van der Waals surface area (Å²) in [7, 11) is 3.17. The molecule has 1 aliphatic carbocycles. The molecule has 1 saturated carbocycles. The van der Waals surface area contributed by atoms with Crippen molar-refractivity contribution in [3.05, 3.63) is 41.2 Å². The molecular formula is C20H24ClN3O4. The third-order valence-corrected chi connectivity index (χ3v) is 4.92. The zero-order valence-electron chi connectivity index (χ0n) is 16.0. The maximum Gasteiger partial charge on any atom is 0.316 e. The lowest BCUT2D eigenvalue weighted by atomic mass is 9.93. The van der Waals surface area contributed by atoms with Crippen LogP contribution in [0, 0.1) is 0 Å². The molecule has 1 amide bonds. The van der Waals surface area contributed by atoms with Crippen molar-refractivity contribution in [3.8, 4) is 17.5 Å². The van der Waals surface area contributed by atoms with Gasteiger partial charge in [0.25, 0.3) is 0 Å². The summed E-state index contributed by atoms with van der Waals surface area (Å²) in [6, 6.07) is 6.00. The summed E-state index contributed by atoms with van der Waals surface area (Å²) >= 11 is 5.78. The molecule has 1 N–H and O–H groups in total. The SMILES string of the molecule is COc1ccc(CC(=O)NC2CCC(Oc3ncc(Cl)cn3)CC2)cc1OC. The maximum absolute atomic E-state index is 12.4. The molecule has 1 fully saturated rings. The van der Waals surface area contributed by atoms with Crippen LogP contribution in [-0.4, -0.2) is 42.2 Å². The van der Waals surface area contributed by atoms with Gasteiger partial charge in [0.1, 0.15) is 6.10 Å². The lowest BCUT2D eigenvalue weighted by Crippen LogP contribution is -2.40. The number of nitrogens with zero attached hydrogens (tertiary/aromatic N) is 2. The van der Waals surface area contributed by atoms with Crippen LogP contribution >= 0.6 is 11.6 Å². The van der Waals surface area contributed by atoms with Gasteiger partial charge in [0, 0.05) is 6.04 Å². The number of carbonyl (C=O) groups excluding carboxylic acids is 1. The van der Waals surface area contributed by atoms with Crippen LogP contribution in [0.1, 0.15) is 31.2 Å². The summed E-state index contributed by atoms with van der Waals surface area (Å²) in [5, 5.41) is 3.59. The predicted molar refractivity (Wildman–Crippen MR) is 105 cm³/mol. The molecule has 3 rings (SSSR count). The molecule has 2 aromatic rings. The summed E-state index contributed by atoms with van der Waals surface area (Å²) in [5.41, 5.74) is 0.882. The average Bonchev–Trinajstić information content (AvgIpc) is 2.71. The average molecular weight is 406 g/mol. The largest absolute Gasteiger partial charge is 0.493 e. The van der Waals surface area contributed by atoms with E-state index in [4.69, 9.17) is 25.8 Å². The molecule has 1 heterocycles. The van der Waals surface area contributed by atoms with Crippen LogP contribution < -0.4 is 19.5 Å². The minimum Gasteiger partial charge on any atom is -0.493 e. The van der Waals surface area contributed by atoms with E-state index in [1.807, 2.05) is 18.2 Å². The van der Waals surface area contributed by atoms with Crippen LogP contribution in [0.3, 0.4) is 0 Å². The zero-order valence-corrected chi connectivity index (χ0v) is 16.7. The van der Waals surface area contributed by atoms with Crippen molar-refractivity contribution < 1.29 is 19.0 Å². The van der Waals surface area contributed by atoms with Gasteiger partial charge in [-0.3, -0.25) is 4.79 Å². The lowest BCUT2D eigenvalue weighted by molar-refractivity contribution is -0.121. The van der Waals surface area contributed by atoms with E-state index in [0.717, 1.165) is 31.2 Å². The van der Waals surface area contributed by atoms with E-state index < -0.39 is 0 Å². The number of carbonyl (C=O) groups is 1. The van der Waals surface area contributed by atoms with Gasteiger partial charge in [-0.15, -0.1) is 0 Å². The smallest absolute Gasteiger partial charge is 0.316 e. The number of hydrogen-bond acceptors (Lipinski definition) is 6. The fourth-order valence-corrected chi connectivity index (χ4v) is 3.39. The first-order valence-electron chi connectivity index (χ1n) is 9.22. The molecule has 8 heteroatoms. The highest BCUT2D eigenvalue weighted by atomic mass is 35.5. The van der Waals surface area contributed by atoms with Gasteiger partial charge in [-0.1, -0.05) is 17.7 Å². The Morgan fingerprint density at radius 2 is 1.79 bits per heavy atom. The number of nitrogens with one attached hydrogen (secondary N) is 1. The lowest BCUT2D eigenvalue weighted by Gasteiger charge is -2.28. The second-order valence-electron chi connectivity index (χ2n) is 6.71. The molecule has 0 spiro atoms. The Morgan fingerprint density at radius 3 is 2.43 bits per heavy atom. The van der Waals surface area contributed by atoms with Crippen molar-refractivity contribution in [2.75, 3.05) is 14.2 Å². The molecule has 1 aromatic heterocycles. The van der Waals surface area contributed by atoms with Gasteiger partial charge >= 0.3 is 6.01 Å². The minimum atomic E-state index is -0.00220. The molecule has 0 atom stereocenters. The Kier molecular flexibility index (Phi) is 6.92. The summed E-state index contributed by atoms with van der Waals surface area (Å²) in [6.45, 7) is 0. The number of amides is 1. The van der Waals surface area contributed by atoms with Crippen molar-refractivity contribution in [3.63, 3.8) is 0 Å². The number of aromatic nitrogens is 2. The van der Waals surface area contributed by atoms with Gasteiger partial charge in [-0.2, -0.15) is 0 Å². The molecule has 0 unspecified atom stereocenters. The van der Waals surface area contributed by atoms with Crippen LogP contribution in [0.5, 0.6) is 17.5 Å². The van der Waals surface area contributed by atoms with Crippen molar-refractivity contribution in [1.29, 1.82) is 0 Å². The number of hydrogen-bond donors (Lipinski definition) is 1. The molecule has 0 aliphatic heterocycles. The topological polar surface area (TPSA) is 82.6 Å². The fraction of sp³-hybridized carbons (Fsp3) is 0.450. The minimum absolute atomic E-state index is 0.00220. The molecule has 0 saturated heterocycles. The molecule has 150 valence electrons. The molecule has 7 nitrogen and oxygen atoms in total. The highest BCUT2D eigenvalue weighted by molar-refractivity contribution is 6.30. The Balaban J connectivity index is 1.45. The molecule has 0 bridgehead atoms. The molecule has 1 aromatic carbocycles. The van der Waals surface area contributed by atoms with Crippen LogP contribution in [0.2, 0.25) is 5.02 Å². The number of halogens is 1. The number of methoxy groups -OCH3 is 2. The monoisotopic (exact) mass is 405 g/mol. The molecule has 1 aliphatic rings. The van der Waals surface area contributed by atoms with Crippen LogP contribution in [0.15, 0.2) is 30.6 Å². The first-order valence-corrected chi connectivity index (χ1v) is 9.59. The van der Waals surface area contributed by atoms with Crippen molar-refractivity contribution in [2.45, 2.75) is 44.2 Å². The Bertz CT molecular complexity index is 793. The van der Waals surface area contributed by atoms with Crippen molar-refractivity contribution in [2.24, 2.45) is 0 Å². The van der Waals surface area contributed by atoms with Crippen LogP contribution in [0.4, 0.5) is 0 Å². The summed E-state index contributed by atoms with van der Waals surface area (Å²) in [6.07, 6.45) is 6.79. The zero-order chi connectivity index (χ0) is 19.9. The number of rotatable bonds is 7. The summed E-state index contributed by atoms with van der Waals surface area (Å²) in [5.74, 6) is 1.27. The quantitative estimate of drug-likeness (QED) is 0.761. The molecular weight excluding hydrogens is 382 g/mol. The van der Waals surface area contributed by atoms with Gasteiger partial charge in [-0.05, 0) is 43.4 Å². The van der Waals surface area contributed by atoms with E-state index >= 15 is 0 Å². The van der Waals surface area contributed by atoms with Crippen LogP contribution in [0.25, 0.3) is 0 Å². The van der Waals surface area contributed by atoms with E-state index in [9.17, 15) is 4.79 Å². The van der Waals surface area contributed by atoms with Gasteiger partial charge in [-0.25, -0.2) is 9.97 Å². The van der Waals surface area contributed by atoms with Gasteiger partial charge in [0.15, 0.2) is 11.5 Å². The van der Waals surface area contributed by atoms with Gasteiger partial charge in [0.2, 0.25) is 5.91 Å². The second kappa shape index (κ2) is 9.59. The summed E-state index contributed by atoms with van der Waals surface area (Å²) in [4.78, 5) is 20.5. The predicted octanol–water partition coefficient (Wildman–Crippen LogP) is 3.20. The third kappa shape index (κ3) is 5.48. The normalized spacial score (nSPS) is 19.0. The number of benzene rings is 1. The van der Waals surface area contributed by atoms with Gasteiger partial charge < -0.3 is 19.5 Å². The Labute approximate surface area is 169 Å². The second-order valence-corrected chi connectivity index (χ2v) is 7.15. The first kappa shape index (κ1) is 20.2. The summed E-state index contributed by atoms with van der Waals surface area (Å²) < 4.78 is 16.3. The number of ether oxygens (including phenoxy) is 3. The van der Waals surface area contributed by atoms with E-state index in [0.29, 0.717) is 29.0 Å². The Hall–Kier alpha value is -2.54.